The Morgan fingerprint density at radius 2 is 1.33 bits per heavy atom. The van der Waals surface area contributed by atoms with Gasteiger partial charge >= 0.3 is 18.2 Å². The van der Waals surface area contributed by atoms with E-state index in [-0.39, 0.29) is 28.3 Å². The Labute approximate surface area is 254 Å². The highest BCUT2D eigenvalue weighted by Crippen LogP contribution is 2.74. The number of esters is 1. The lowest BCUT2D eigenvalue weighted by Gasteiger charge is -2.18. The monoisotopic (exact) mass is 590 g/mol. The summed E-state index contributed by atoms with van der Waals surface area (Å²) in [5, 5.41) is 5.57. The predicted molar refractivity (Wildman–Crippen MR) is 165 cm³/mol. The zero-order chi connectivity index (χ0) is 31.0. The Morgan fingerprint density at radius 1 is 0.786 bits per heavy atom. The molecule has 3 aliphatic carbocycles. The van der Waals surface area contributed by atoms with E-state index in [4.69, 9.17) is 14.2 Å². The van der Waals surface area contributed by atoms with Gasteiger partial charge in [-0.05, 0) is 86.4 Å². The number of ether oxygens (including phenoxy) is 3. The number of unbranched alkanes of at least 4 members (excludes halogenated alkanes) is 1. The summed E-state index contributed by atoms with van der Waals surface area (Å²) in [6.07, 6.45) is 14.1. The van der Waals surface area contributed by atoms with Gasteiger partial charge in [0, 0.05) is 18.4 Å². The molecule has 0 aromatic heterocycles. The minimum absolute atomic E-state index is 0.176. The van der Waals surface area contributed by atoms with E-state index in [2.05, 4.69) is 64.3 Å². The zero-order valence-electron chi connectivity index (χ0n) is 27.4. The Hall–Kier alpha value is -2.25. The standard InChI is InChI=1S/C34H58N2O6/c1-8-18-31(4)26(32(31,5)19-9-2)23-41-29(38)35-22-16-13-17-25(28(37)40-10-3)36-30(39)42-24-27-33(6)20-14-11-12-15-21-34(27,33)7/h11-12,25-27H,8-10,13-24H2,1-7H3,(H,35,38)(H,36,39)/b12-11-/t25-,26-,27-,31+,32-,33+,34-/m1/s1. The summed E-state index contributed by atoms with van der Waals surface area (Å²) < 4.78 is 16.5. The summed E-state index contributed by atoms with van der Waals surface area (Å²) in [6.45, 7) is 16.9. The van der Waals surface area contributed by atoms with Gasteiger partial charge in [0.15, 0.2) is 0 Å². The topological polar surface area (TPSA) is 103 Å². The van der Waals surface area contributed by atoms with Crippen molar-refractivity contribution in [2.24, 2.45) is 33.5 Å². The zero-order valence-corrected chi connectivity index (χ0v) is 27.4. The normalized spacial score (nSPS) is 34.5. The van der Waals surface area contributed by atoms with Crippen molar-refractivity contribution in [2.45, 2.75) is 125 Å². The molecule has 0 aromatic rings. The highest BCUT2D eigenvalue weighted by molar-refractivity contribution is 5.81. The van der Waals surface area contributed by atoms with E-state index in [0.717, 1.165) is 51.4 Å². The molecular formula is C34H58N2O6. The van der Waals surface area contributed by atoms with Gasteiger partial charge in [-0.25, -0.2) is 14.4 Å². The largest absolute Gasteiger partial charge is 0.464 e. The number of carbonyl (C=O) groups excluding carboxylic acids is 3. The molecular weight excluding hydrogens is 532 g/mol. The van der Waals surface area contributed by atoms with E-state index in [0.29, 0.717) is 50.9 Å². The van der Waals surface area contributed by atoms with Gasteiger partial charge in [-0.1, -0.05) is 66.5 Å². The van der Waals surface area contributed by atoms with Crippen molar-refractivity contribution < 1.29 is 28.6 Å². The van der Waals surface area contributed by atoms with Crippen molar-refractivity contribution in [1.29, 1.82) is 0 Å². The smallest absolute Gasteiger partial charge is 0.407 e. The number of rotatable bonds is 16. The van der Waals surface area contributed by atoms with Crippen LogP contribution in [0.3, 0.4) is 0 Å². The van der Waals surface area contributed by atoms with Gasteiger partial charge in [0.2, 0.25) is 0 Å². The van der Waals surface area contributed by atoms with Crippen molar-refractivity contribution in [3.05, 3.63) is 12.2 Å². The molecule has 0 aromatic carbocycles. The molecule has 8 heteroatoms. The molecule has 240 valence electrons. The van der Waals surface area contributed by atoms with Crippen LogP contribution in [-0.2, 0) is 19.0 Å². The fourth-order valence-corrected chi connectivity index (χ4v) is 8.47. The molecule has 0 heterocycles. The summed E-state index contributed by atoms with van der Waals surface area (Å²) in [5.41, 5.74) is 0.820. The predicted octanol–water partition coefficient (Wildman–Crippen LogP) is 7.56. The number of amides is 2. The Morgan fingerprint density at radius 3 is 1.88 bits per heavy atom. The van der Waals surface area contributed by atoms with Gasteiger partial charge in [0.05, 0.1) is 19.8 Å². The minimum Gasteiger partial charge on any atom is -0.464 e. The third-order valence-electron chi connectivity index (χ3n) is 11.7. The first-order valence-electron chi connectivity index (χ1n) is 16.6. The second-order valence-electron chi connectivity index (χ2n) is 13.9. The first kappa shape index (κ1) is 34.2. The number of alkyl carbamates (subject to hydrolysis) is 2. The summed E-state index contributed by atoms with van der Waals surface area (Å²) in [5.74, 6) is 0.255. The van der Waals surface area contributed by atoms with Crippen LogP contribution in [-0.4, -0.2) is 50.6 Å². The van der Waals surface area contributed by atoms with Gasteiger partial charge in [0.25, 0.3) is 0 Å². The van der Waals surface area contributed by atoms with Gasteiger partial charge in [-0.3, -0.25) is 0 Å². The Bertz CT molecular complexity index is 930. The molecule has 0 spiro atoms. The third-order valence-corrected chi connectivity index (χ3v) is 11.7. The SMILES string of the molecule is CCC[C@@]1(C)[C@@H](COC(=O)NCCCC[C@@H](NC(=O)OC[C@@H]2[C@]3(C)CC/C=C\CC[C@]23C)C(=O)OCC)[C@@]1(C)CCC. The first-order valence-corrected chi connectivity index (χ1v) is 16.6. The number of nitrogens with one attached hydrogen (secondary N) is 2. The van der Waals surface area contributed by atoms with Crippen LogP contribution < -0.4 is 10.6 Å². The maximum atomic E-state index is 12.7. The molecule has 0 radical (unpaired) electrons. The van der Waals surface area contributed by atoms with Crippen molar-refractivity contribution in [3.63, 3.8) is 0 Å². The molecule has 2 amide bonds. The Balaban J connectivity index is 1.37. The van der Waals surface area contributed by atoms with Crippen molar-refractivity contribution in [1.82, 2.24) is 10.6 Å². The average molecular weight is 591 g/mol. The molecule has 3 rings (SSSR count). The van der Waals surface area contributed by atoms with E-state index in [1.807, 2.05) is 0 Å². The van der Waals surface area contributed by atoms with Crippen molar-refractivity contribution in [2.75, 3.05) is 26.4 Å². The lowest BCUT2D eigenvalue weighted by Crippen LogP contribution is -2.42. The van der Waals surface area contributed by atoms with Crippen LogP contribution in [0.25, 0.3) is 0 Å². The van der Waals surface area contributed by atoms with Crippen LogP contribution in [0.2, 0.25) is 0 Å². The molecule has 8 nitrogen and oxygen atoms in total. The number of hydrogen-bond donors (Lipinski definition) is 2. The maximum Gasteiger partial charge on any atom is 0.407 e. The highest BCUT2D eigenvalue weighted by atomic mass is 16.6. The molecule has 7 atom stereocenters. The van der Waals surface area contributed by atoms with Gasteiger partial charge < -0.3 is 24.8 Å². The molecule has 0 bridgehead atoms. The minimum atomic E-state index is -0.782. The van der Waals surface area contributed by atoms with E-state index in [1.54, 1.807) is 6.92 Å². The molecule has 42 heavy (non-hydrogen) atoms. The van der Waals surface area contributed by atoms with E-state index >= 15 is 0 Å². The Kier molecular flexibility index (Phi) is 11.8. The molecule has 0 unspecified atom stereocenters. The number of fused-ring (bicyclic) bond motifs is 1. The quantitative estimate of drug-likeness (QED) is 0.0832. The molecule has 3 aliphatic rings. The molecule has 0 aliphatic heterocycles. The van der Waals surface area contributed by atoms with Crippen molar-refractivity contribution >= 4 is 18.2 Å². The number of hydrogen-bond acceptors (Lipinski definition) is 6. The number of allylic oxidation sites excluding steroid dienone is 2. The van der Waals surface area contributed by atoms with Crippen LogP contribution >= 0.6 is 0 Å². The fourth-order valence-electron chi connectivity index (χ4n) is 8.47. The summed E-state index contributed by atoms with van der Waals surface area (Å²) in [6, 6.07) is -0.782. The van der Waals surface area contributed by atoms with Crippen LogP contribution in [0.1, 0.15) is 119 Å². The highest BCUT2D eigenvalue weighted by Gasteiger charge is 2.70. The van der Waals surface area contributed by atoms with Crippen LogP contribution in [0.4, 0.5) is 9.59 Å². The summed E-state index contributed by atoms with van der Waals surface area (Å²) in [7, 11) is 0. The fraction of sp³-hybridized carbons (Fsp3) is 0.853. The van der Waals surface area contributed by atoms with Crippen molar-refractivity contribution in [3.8, 4) is 0 Å². The second kappa shape index (κ2) is 14.5. The molecule has 2 saturated carbocycles. The molecule has 2 fully saturated rings. The number of carbonyl (C=O) groups is 3. The van der Waals surface area contributed by atoms with E-state index in [1.165, 1.54) is 0 Å². The molecule has 0 saturated heterocycles. The van der Waals surface area contributed by atoms with Crippen LogP contribution in [0.5, 0.6) is 0 Å². The van der Waals surface area contributed by atoms with Gasteiger partial charge in [-0.2, -0.15) is 0 Å². The third kappa shape index (κ3) is 7.27. The van der Waals surface area contributed by atoms with Crippen LogP contribution in [0.15, 0.2) is 12.2 Å². The van der Waals surface area contributed by atoms with Gasteiger partial charge in [0.1, 0.15) is 6.04 Å². The summed E-state index contributed by atoms with van der Waals surface area (Å²) in [4.78, 5) is 37.6. The lowest BCUT2D eigenvalue weighted by atomic mass is 9.86. The van der Waals surface area contributed by atoms with E-state index in [9.17, 15) is 14.4 Å². The maximum absolute atomic E-state index is 12.7. The first-order chi connectivity index (χ1) is 19.9. The second-order valence-corrected chi connectivity index (χ2v) is 13.9. The van der Waals surface area contributed by atoms with E-state index < -0.39 is 24.2 Å². The van der Waals surface area contributed by atoms with Gasteiger partial charge in [-0.15, -0.1) is 0 Å². The lowest BCUT2D eigenvalue weighted by molar-refractivity contribution is -0.145. The summed E-state index contributed by atoms with van der Waals surface area (Å²) >= 11 is 0. The average Bonchev–Trinajstić information content (AvgIpc) is 3.59. The van der Waals surface area contributed by atoms with Crippen LogP contribution in [0, 0.1) is 33.5 Å². The molecule has 2 N–H and O–H groups in total.